The number of ether oxygens (including phenoxy) is 11. The Balaban J connectivity index is 1.35. The van der Waals surface area contributed by atoms with Gasteiger partial charge in [0.2, 0.25) is 0 Å². The van der Waals surface area contributed by atoms with Gasteiger partial charge >= 0.3 is 59.7 Å². The lowest BCUT2D eigenvalue weighted by Crippen LogP contribution is -2.39. The highest BCUT2D eigenvalue weighted by molar-refractivity contribution is 5.95. The van der Waals surface area contributed by atoms with Crippen LogP contribution < -0.4 is 0 Å². The van der Waals surface area contributed by atoms with Crippen molar-refractivity contribution in [1.29, 1.82) is 0 Å². The van der Waals surface area contributed by atoms with Crippen LogP contribution in [0.15, 0.2) is 72.8 Å². The van der Waals surface area contributed by atoms with Gasteiger partial charge < -0.3 is 57.2 Å². The average Bonchev–Trinajstić information content (AvgIpc) is 3.44. The Morgan fingerprint density at radius 2 is 0.532 bits per heavy atom. The molecule has 0 bridgehead atoms. The molecule has 22 nitrogen and oxygen atoms in total. The van der Waals surface area contributed by atoms with E-state index in [0.29, 0.717) is 12.8 Å². The van der Waals surface area contributed by atoms with E-state index in [1.807, 2.05) is 0 Å². The predicted molar refractivity (Wildman–Crippen MR) is 277 cm³/mol. The summed E-state index contributed by atoms with van der Waals surface area (Å²) in [5.74, 6) is -6.71. The Morgan fingerprint density at radius 3 is 0.747 bits per heavy atom. The molecule has 79 heavy (non-hydrogen) atoms. The van der Waals surface area contributed by atoms with Crippen molar-refractivity contribution in [3.05, 3.63) is 106 Å². The van der Waals surface area contributed by atoms with Crippen LogP contribution in [-0.2, 0) is 71.3 Å². The molecule has 0 aromatic heterocycles. The third-order valence-corrected chi connectivity index (χ3v) is 12.4. The van der Waals surface area contributed by atoms with E-state index >= 15 is 0 Å². The molecule has 22 heteroatoms. The summed E-state index contributed by atoms with van der Waals surface area (Å²) in [5.41, 5.74) is -3.69. The zero-order valence-electron chi connectivity index (χ0n) is 46.3. The molecule has 0 spiro atoms. The summed E-state index contributed by atoms with van der Waals surface area (Å²) >= 11 is 0. The monoisotopic (exact) mass is 1110 g/mol. The van der Waals surface area contributed by atoms with E-state index in [9.17, 15) is 47.9 Å². The van der Waals surface area contributed by atoms with Crippen LogP contribution >= 0.6 is 0 Å². The van der Waals surface area contributed by atoms with Gasteiger partial charge in [-0.15, -0.1) is 0 Å². The number of carbonyl (C=O) groups is 10. The van der Waals surface area contributed by atoms with Crippen molar-refractivity contribution in [2.24, 2.45) is 21.7 Å². The maximum absolute atomic E-state index is 13.2. The van der Waals surface area contributed by atoms with Crippen LogP contribution in [0.4, 0.5) is 0 Å². The minimum absolute atomic E-state index is 0.0306. The summed E-state index contributed by atoms with van der Waals surface area (Å²) in [5, 5.41) is 8.80. The molecule has 2 unspecified atom stereocenters. The maximum atomic E-state index is 13.2. The first-order chi connectivity index (χ1) is 37.4. The standard InChI is InChI=1S/C57H72O22/c1-10-56(7,52(67)78-34-30-74-48(63)40-14-12-38(13-15-40)44(59)70-25-24-58)36-54(3,4)50(65)76-32-28-72-46(61)41-20-22-42(23-21-41)47(62)73-29-33-77-51(66)55(5,6)37-57(8,11-2)53(68)79-35-31-75-49(64)43-18-16-39(17-19-43)45(60)71-27-26-69-9/h12-23,58H,10-11,24-37H2,1-9H3. The molecule has 3 rings (SSSR count). The van der Waals surface area contributed by atoms with E-state index in [1.54, 1.807) is 55.4 Å². The van der Waals surface area contributed by atoms with Gasteiger partial charge in [0.15, 0.2) is 0 Å². The fourth-order valence-electron chi connectivity index (χ4n) is 7.68. The molecule has 0 radical (unpaired) electrons. The number of hydrogen-bond donors (Lipinski definition) is 1. The second-order valence-electron chi connectivity index (χ2n) is 19.8. The first-order valence-corrected chi connectivity index (χ1v) is 25.5. The second kappa shape index (κ2) is 31.6. The van der Waals surface area contributed by atoms with Crippen LogP contribution in [0.2, 0.25) is 0 Å². The number of aliphatic hydroxyl groups is 1. The van der Waals surface area contributed by atoms with Gasteiger partial charge in [0.1, 0.15) is 66.1 Å². The minimum Gasteiger partial charge on any atom is -0.462 e. The number of methoxy groups -OCH3 is 1. The zero-order chi connectivity index (χ0) is 58.8. The van der Waals surface area contributed by atoms with Crippen molar-refractivity contribution in [2.45, 2.75) is 81.1 Å². The van der Waals surface area contributed by atoms with Crippen molar-refractivity contribution in [3.63, 3.8) is 0 Å². The van der Waals surface area contributed by atoms with Crippen molar-refractivity contribution < 1.29 is 105 Å². The van der Waals surface area contributed by atoms with E-state index in [4.69, 9.17) is 57.2 Å². The maximum Gasteiger partial charge on any atom is 0.338 e. The zero-order valence-corrected chi connectivity index (χ0v) is 46.3. The molecule has 432 valence electrons. The number of benzene rings is 3. The van der Waals surface area contributed by atoms with Gasteiger partial charge in [-0.3, -0.25) is 19.2 Å². The Bertz CT molecular complexity index is 2550. The molecule has 3 aromatic rings. The third-order valence-electron chi connectivity index (χ3n) is 12.4. The summed E-state index contributed by atoms with van der Waals surface area (Å²) in [7, 11) is 1.48. The van der Waals surface area contributed by atoms with E-state index in [1.165, 1.54) is 79.9 Å². The van der Waals surface area contributed by atoms with E-state index < -0.39 is 81.4 Å². The number of carbonyl (C=O) groups excluding carboxylic acids is 10. The molecule has 0 saturated carbocycles. The molecule has 0 aliphatic carbocycles. The van der Waals surface area contributed by atoms with Gasteiger partial charge in [-0.2, -0.15) is 0 Å². The van der Waals surface area contributed by atoms with E-state index in [-0.39, 0.29) is 126 Å². The summed E-state index contributed by atoms with van der Waals surface area (Å²) in [6.07, 6.45) is 0.669. The number of aliphatic hydroxyl groups excluding tert-OH is 1. The lowest BCUT2D eigenvalue weighted by Gasteiger charge is -2.33. The van der Waals surface area contributed by atoms with Crippen LogP contribution in [0.5, 0.6) is 0 Å². The van der Waals surface area contributed by atoms with Gasteiger partial charge in [0, 0.05) is 7.11 Å². The lowest BCUT2D eigenvalue weighted by molar-refractivity contribution is -0.165. The van der Waals surface area contributed by atoms with Gasteiger partial charge in [0.05, 0.1) is 68.3 Å². The lowest BCUT2D eigenvalue weighted by atomic mass is 9.72. The Kier molecular flexibility index (Phi) is 26.2. The highest BCUT2D eigenvalue weighted by Gasteiger charge is 2.44. The first-order valence-electron chi connectivity index (χ1n) is 25.5. The fourth-order valence-corrected chi connectivity index (χ4v) is 7.68. The predicted octanol–water partition coefficient (Wildman–Crippen LogP) is 6.50. The van der Waals surface area contributed by atoms with Crippen molar-refractivity contribution in [3.8, 4) is 0 Å². The van der Waals surface area contributed by atoms with Crippen LogP contribution in [0.1, 0.15) is 143 Å². The third kappa shape index (κ3) is 20.9. The molecular weight excluding hydrogens is 1040 g/mol. The molecule has 0 fully saturated rings. The summed E-state index contributed by atoms with van der Waals surface area (Å²) < 4.78 is 57.2. The Morgan fingerprint density at radius 1 is 0.329 bits per heavy atom. The van der Waals surface area contributed by atoms with Gasteiger partial charge in [-0.05, 0) is 140 Å². The molecule has 3 aromatic carbocycles. The molecule has 0 saturated heterocycles. The molecule has 0 aliphatic rings. The number of rotatable bonds is 33. The van der Waals surface area contributed by atoms with Gasteiger partial charge in [0.25, 0.3) is 0 Å². The summed E-state index contributed by atoms with van der Waals surface area (Å²) in [6, 6.07) is 16.5. The van der Waals surface area contributed by atoms with Crippen LogP contribution in [0.25, 0.3) is 0 Å². The molecule has 0 heterocycles. The average molecular weight is 1110 g/mol. The smallest absolute Gasteiger partial charge is 0.338 e. The van der Waals surface area contributed by atoms with Gasteiger partial charge in [-0.1, -0.05) is 13.8 Å². The van der Waals surface area contributed by atoms with Crippen molar-refractivity contribution in [2.75, 3.05) is 86.4 Å². The normalized spacial score (nSPS) is 12.7. The SMILES string of the molecule is CCC(C)(CC(C)(C)C(=O)OCCOC(=O)c1ccc(C(=O)OCCOC(=O)C(C)(C)CC(C)(CC)C(=O)OCCOC(=O)c2ccc(C(=O)OCCOC)cc2)cc1)C(=O)OCCOC(=O)c1ccc(C(=O)OCCO)cc1. The van der Waals surface area contributed by atoms with Crippen LogP contribution in [-0.4, -0.2) is 151 Å². The molecule has 1 N–H and O–H groups in total. The largest absolute Gasteiger partial charge is 0.462 e. The number of esters is 10. The quantitative estimate of drug-likeness (QED) is 0.0386. The summed E-state index contributed by atoms with van der Waals surface area (Å²) in [4.78, 5) is 127. The molecule has 0 aliphatic heterocycles. The molecule has 2 atom stereocenters. The van der Waals surface area contributed by atoms with Crippen molar-refractivity contribution in [1.82, 2.24) is 0 Å². The topological polar surface area (TPSA) is 292 Å². The highest BCUT2D eigenvalue weighted by Crippen LogP contribution is 2.40. The van der Waals surface area contributed by atoms with E-state index in [0.717, 1.165) is 0 Å². The fraction of sp³-hybridized carbons (Fsp3) is 0.509. The molecule has 0 amide bonds. The number of hydrogen-bond acceptors (Lipinski definition) is 22. The minimum atomic E-state index is -1.18. The van der Waals surface area contributed by atoms with Crippen LogP contribution in [0, 0.1) is 21.7 Å². The van der Waals surface area contributed by atoms with E-state index in [2.05, 4.69) is 0 Å². The highest BCUT2D eigenvalue weighted by atomic mass is 16.6. The molecular formula is C57H72O22. The van der Waals surface area contributed by atoms with Crippen LogP contribution in [0.3, 0.4) is 0 Å². The van der Waals surface area contributed by atoms with Gasteiger partial charge in [-0.25, -0.2) is 28.8 Å². The Labute approximate surface area is 458 Å². The summed E-state index contributed by atoms with van der Waals surface area (Å²) in [6.45, 7) is 10.8. The second-order valence-corrected chi connectivity index (χ2v) is 19.8. The van der Waals surface area contributed by atoms with Crippen molar-refractivity contribution >= 4 is 59.7 Å². The first kappa shape index (κ1) is 65.6. The Hall–Kier alpha value is -7.72.